The van der Waals surface area contributed by atoms with E-state index in [1.165, 1.54) is 12.8 Å². The Hall–Kier alpha value is -0.430. The van der Waals surface area contributed by atoms with Gasteiger partial charge in [-0.3, -0.25) is 0 Å². The van der Waals surface area contributed by atoms with E-state index in [0.29, 0.717) is 17.5 Å². The van der Waals surface area contributed by atoms with E-state index in [1.54, 1.807) is 21.0 Å². The molecule has 1 unspecified atom stereocenters. The van der Waals surface area contributed by atoms with Gasteiger partial charge < -0.3 is 5.32 Å². The molecule has 1 aliphatic carbocycles. The average molecular weight is 314 g/mol. The molecule has 1 aromatic heterocycles. The van der Waals surface area contributed by atoms with Crippen molar-refractivity contribution in [1.29, 1.82) is 0 Å². The summed E-state index contributed by atoms with van der Waals surface area (Å²) in [6.45, 7) is 3.47. The summed E-state index contributed by atoms with van der Waals surface area (Å²) in [4.78, 5) is 1.59. The summed E-state index contributed by atoms with van der Waals surface area (Å²) in [5.74, 6) is 0. The first-order valence-corrected chi connectivity index (χ1v) is 9.72. The predicted octanol–water partition coefficient (Wildman–Crippen LogP) is 2.56. The lowest BCUT2D eigenvalue weighted by atomic mass is 10.1. The third-order valence-electron chi connectivity index (χ3n) is 4.12. The van der Waals surface area contributed by atoms with Crippen LogP contribution in [0.15, 0.2) is 16.3 Å². The summed E-state index contributed by atoms with van der Waals surface area (Å²) in [7, 11) is -3.30. The lowest BCUT2D eigenvalue weighted by Gasteiger charge is -2.31. The van der Waals surface area contributed by atoms with Crippen LogP contribution in [0.5, 0.6) is 0 Å². The highest BCUT2D eigenvalue weighted by Crippen LogP contribution is 2.28. The predicted molar refractivity (Wildman–Crippen MR) is 81.4 cm³/mol. The number of sulfonamides is 1. The second-order valence-corrected chi connectivity index (χ2v) is 8.75. The van der Waals surface area contributed by atoms with Gasteiger partial charge in [-0.25, -0.2) is 8.42 Å². The standard InChI is InChI=1S/C14H22N2O2S2/c1-11-4-2-3-7-16(11)20(17,18)14-8-13(19-10-14)9-15-12-5-6-12/h8,10-12,15H,2-7,9H2,1H3. The lowest BCUT2D eigenvalue weighted by molar-refractivity contribution is 0.269. The molecule has 1 N–H and O–H groups in total. The quantitative estimate of drug-likeness (QED) is 0.909. The van der Waals surface area contributed by atoms with E-state index < -0.39 is 10.0 Å². The lowest BCUT2D eigenvalue weighted by Crippen LogP contribution is -2.41. The molecule has 2 heterocycles. The molecule has 112 valence electrons. The van der Waals surface area contributed by atoms with Crippen LogP contribution in [0.3, 0.4) is 0 Å². The molecule has 1 atom stereocenters. The van der Waals surface area contributed by atoms with Gasteiger partial charge >= 0.3 is 0 Å². The molecular formula is C14H22N2O2S2. The number of nitrogens with zero attached hydrogens (tertiary/aromatic N) is 1. The van der Waals surface area contributed by atoms with Gasteiger partial charge in [0.15, 0.2) is 0 Å². The summed E-state index contributed by atoms with van der Waals surface area (Å²) in [5, 5.41) is 5.22. The minimum Gasteiger partial charge on any atom is -0.309 e. The van der Waals surface area contributed by atoms with Crippen molar-refractivity contribution < 1.29 is 8.42 Å². The molecule has 3 rings (SSSR count). The molecule has 0 bridgehead atoms. The Kier molecular flexibility index (Phi) is 4.17. The zero-order chi connectivity index (χ0) is 14.2. The minimum absolute atomic E-state index is 0.127. The molecule has 1 aromatic rings. The number of hydrogen-bond donors (Lipinski definition) is 1. The van der Waals surface area contributed by atoms with Gasteiger partial charge in [-0.15, -0.1) is 11.3 Å². The molecule has 1 saturated carbocycles. The van der Waals surface area contributed by atoms with Crippen molar-refractivity contribution in [1.82, 2.24) is 9.62 Å². The Morgan fingerprint density at radius 1 is 1.35 bits per heavy atom. The highest BCUT2D eigenvalue weighted by molar-refractivity contribution is 7.89. The van der Waals surface area contributed by atoms with Gasteiger partial charge in [-0.1, -0.05) is 6.42 Å². The second-order valence-electron chi connectivity index (χ2n) is 5.86. The van der Waals surface area contributed by atoms with Gasteiger partial charge in [0.2, 0.25) is 10.0 Å². The van der Waals surface area contributed by atoms with Gasteiger partial charge in [0.1, 0.15) is 0 Å². The fourth-order valence-corrected chi connectivity index (χ4v) is 5.60. The Morgan fingerprint density at radius 3 is 2.85 bits per heavy atom. The zero-order valence-electron chi connectivity index (χ0n) is 11.8. The third-order valence-corrected chi connectivity index (χ3v) is 7.20. The van der Waals surface area contributed by atoms with E-state index in [4.69, 9.17) is 0 Å². The highest BCUT2D eigenvalue weighted by Gasteiger charge is 2.31. The van der Waals surface area contributed by atoms with Crippen LogP contribution in [0, 0.1) is 0 Å². The monoisotopic (exact) mass is 314 g/mol. The number of nitrogens with one attached hydrogen (secondary N) is 1. The SMILES string of the molecule is CC1CCCCN1S(=O)(=O)c1csc(CNC2CC2)c1. The van der Waals surface area contributed by atoms with Crippen LogP contribution in [0.1, 0.15) is 43.9 Å². The summed E-state index contributed by atoms with van der Waals surface area (Å²) in [5.41, 5.74) is 0. The summed E-state index contributed by atoms with van der Waals surface area (Å²) >= 11 is 1.54. The molecule has 0 amide bonds. The molecule has 1 saturated heterocycles. The molecular weight excluding hydrogens is 292 g/mol. The van der Waals surface area contributed by atoms with Crippen LogP contribution in [0.2, 0.25) is 0 Å². The zero-order valence-corrected chi connectivity index (χ0v) is 13.5. The van der Waals surface area contributed by atoms with Crippen LogP contribution < -0.4 is 5.32 Å². The van der Waals surface area contributed by atoms with Gasteiger partial charge in [0.25, 0.3) is 0 Å². The number of thiophene rings is 1. The largest absolute Gasteiger partial charge is 0.309 e. The van der Waals surface area contributed by atoms with Crippen molar-refractivity contribution in [3.63, 3.8) is 0 Å². The molecule has 0 radical (unpaired) electrons. The van der Waals surface area contributed by atoms with E-state index >= 15 is 0 Å². The topological polar surface area (TPSA) is 49.4 Å². The Balaban J connectivity index is 1.72. The minimum atomic E-state index is -3.30. The van der Waals surface area contributed by atoms with Crippen molar-refractivity contribution >= 4 is 21.4 Å². The van der Waals surface area contributed by atoms with E-state index in [0.717, 1.165) is 30.7 Å². The first-order chi connectivity index (χ1) is 9.57. The van der Waals surface area contributed by atoms with Gasteiger partial charge in [-0.05, 0) is 38.7 Å². The first-order valence-electron chi connectivity index (χ1n) is 7.40. The first kappa shape index (κ1) is 14.5. The normalized spacial score (nSPS) is 24.9. The number of hydrogen-bond acceptors (Lipinski definition) is 4. The third kappa shape index (κ3) is 3.08. The van der Waals surface area contributed by atoms with E-state index in [-0.39, 0.29) is 6.04 Å². The van der Waals surface area contributed by atoms with Crippen LogP contribution in [0.25, 0.3) is 0 Å². The van der Waals surface area contributed by atoms with Gasteiger partial charge in [0.05, 0.1) is 4.90 Å². The Labute approximate surface area is 125 Å². The van der Waals surface area contributed by atoms with E-state index in [9.17, 15) is 8.42 Å². The Bertz CT molecular complexity index is 563. The van der Waals surface area contributed by atoms with Crippen molar-refractivity contribution in [2.45, 2.75) is 62.6 Å². The van der Waals surface area contributed by atoms with E-state index in [2.05, 4.69) is 5.32 Å². The van der Waals surface area contributed by atoms with Crippen LogP contribution in [-0.4, -0.2) is 31.4 Å². The van der Waals surface area contributed by atoms with Crippen molar-refractivity contribution in [3.8, 4) is 0 Å². The molecule has 2 aliphatic rings. The average Bonchev–Trinajstić information content (AvgIpc) is 3.13. The fourth-order valence-electron chi connectivity index (χ4n) is 2.69. The summed E-state index contributed by atoms with van der Waals surface area (Å²) < 4.78 is 27.0. The second kappa shape index (κ2) is 5.75. The van der Waals surface area contributed by atoms with E-state index in [1.807, 2.05) is 13.0 Å². The maximum atomic E-state index is 12.7. The number of piperidine rings is 1. The molecule has 20 heavy (non-hydrogen) atoms. The maximum absolute atomic E-state index is 12.7. The van der Waals surface area contributed by atoms with Crippen LogP contribution >= 0.6 is 11.3 Å². The summed E-state index contributed by atoms with van der Waals surface area (Å²) in [6, 6.07) is 2.62. The molecule has 1 aliphatic heterocycles. The van der Waals surface area contributed by atoms with Gasteiger partial charge in [-0.2, -0.15) is 4.31 Å². The van der Waals surface area contributed by atoms with Crippen LogP contribution in [0.4, 0.5) is 0 Å². The van der Waals surface area contributed by atoms with Crippen LogP contribution in [-0.2, 0) is 16.6 Å². The molecule has 0 aromatic carbocycles. The smallest absolute Gasteiger partial charge is 0.244 e. The van der Waals surface area contributed by atoms with Crippen molar-refractivity contribution in [2.24, 2.45) is 0 Å². The summed E-state index contributed by atoms with van der Waals surface area (Å²) in [6.07, 6.45) is 5.58. The fraction of sp³-hybridized carbons (Fsp3) is 0.714. The van der Waals surface area contributed by atoms with Gasteiger partial charge in [0, 0.05) is 35.4 Å². The highest BCUT2D eigenvalue weighted by atomic mass is 32.2. The molecule has 6 heteroatoms. The number of rotatable bonds is 5. The maximum Gasteiger partial charge on any atom is 0.244 e. The van der Waals surface area contributed by atoms with Crippen molar-refractivity contribution in [3.05, 3.63) is 16.3 Å². The molecule has 4 nitrogen and oxygen atoms in total. The van der Waals surface area contributed by atoms with Crippen molar-refractivity contribution in [2.75, 3.05) is 6.54 Å². The molecule has 2 fully saturated rings. The Morgan fingerprint density at radius 2 is 2.15 bits per heavy atom. The molecule has 0 spiro atoms.